The largest absolute Gasteiger partial charge is 0.456 e. The van der Waals surface area contributed by atoms with Gasteiger partial charge in [0.05, 0.1) is 27.4 Å². The highest BCUT2D eigenvalue weighted by Gasteiger charge is 2.19. The first-order valence-corrected chi connectivity index (χ1v) is 16.4. The van der Waals surface area contributed by atoms with Gasteiger partial charge in [-0.25, -0.2) is 15.0 Å². The van der Waals surface area contributed by atoms with Gasteiger partial charge in [0, 0.05) is 44.5 Å². The number of anilines is 3. The van der Waals surface area contributed by atoms with Crippen LogP contribution >= 0.6 is 0 Å². The van der Waals surface area contributed by atoms with Crippen molar-refractivity contribution in [1.29, 1.82) is 0 Å². The molecule has 0 amide bonds. The van der Waals surface area contributed by atoms with E-state index in [2.05, 4.69) is 0 Å². The van der Waals surface area contributed by atoms with E-state index in [-0.39, 0.29) is 33.8 Å². The van der Waals surface area contributed by atoms with Crippen LogP contribution in [0, 0.1) is 0 Å². The van der Waals surface area contributed by atoms with Crippen LogP contribution in [0.5, 0.6) is 0 Å². The molecule has 0 radical (unpaired) electrons. The molecule has 0 aliphatic rings. The van der Waals surface area contributed by atoms with E-state index in [1.165, 1.54) is 0 Å². The van der Waals surface area contributed by atoms with Crippen molar-refractivity contribution >= 4 is 49.8 Å². The summed E-state index contributed by atoms with van der Waals surface area (Å²) in [6.45, 7) is 0. The molecule has 254 valence electrons. The summed E-state index contributed by atoms with van der Waals surface area (Å²) in [6, 6.07) is 3.79. The zero-order chi connectivity index (χ0) is 53.3. The molecule has 2 aromatic heterocycles. The minimum atomic E-state index is -1.09. The lowest BCUT2D eigenvalue weighted by molar-refractivity contribution is 0.669. The van der Waals surface area contributed by atoms with Gasteiger partial charge >= 0.3 is 0 Å². The predicted molar refractivity (Wildman–Crippen MR) is 221 cm³/mol. The second-order valence-electron chi connectivity index (χ2n) is 11.7. The summed E-state index contributed by atoms with van der Waals surface area (Å²) in [5.41, 5.74) is -4.23. The molecule has 0 unspecified atom stereocenters. The molecule has 0 N–H and O–H groups in total. The number of rotatable bonds is 7. The second kappa shape index (κ2) is 13.3. The fraction of sp³-hybridized carbons (Fsp3) is 0. The Balaban J connectivity index is 1.26. The molecule has 0 bridgehead atoms. The van der Waals surface area contributed by atoms with E-state index in [1.54, 1.807) is 36.4 Å². The average molecular weight is 713 g/mol. The molecule has 0 saturated heterocycles. The summed E-state index contributed by atoms with van der Waals surface area (Å²) in [7, 11) is 0. The lowest BCUT2D eigenvalue weighted by Gasteiger charge is -2.25. The van der Waals surface area contributed by atoms with Crippen LogP contribution in [0.25, 0.3) is 78.0 Å². The molecule has 5 nitrogen and oxygen atoms in total. The Hall–Kier alpha value is -7.37. The second-order valence-corrected chi connectivity index (χ2v) is 11.7. The summed E-state index contributed by atoms with van der Waals surface area (Å²) < 4.78 is 184. The molecule has 0 saturated carbocycles. The number of nitrogens with zero attached hydrogens (tertiary/aromatic N) is 4. The zero-order valence-electron chi connectivity index (χ0n) is 47.6. The molecule has 0 fully saturated rings. The fourth-order valence-corrected chi connectivity index (χ4v) is 6.07. The quantitative estimate of drug-likeness (QED) is 0.165. The Morgan fingerprint density at radius 1 is 0.426 bits per heavy atom. The van der Waals surface area contributed by atoms with Gasteiger partial charge in [0.1, 0.15) is 11.2 Å². The van der Waals surface area contributed by atoms with Crippen molar-refractivity contribution in [2.24, 2.45) is 0 Å². The molecule has 54 heavy (non-hydrogen) atoms. The van der Waals surface area contributed by atoms with Gasteiger partial charge < -0.3 is 9.32 Å². The van der Waals surface area contributed by atoms with Gasteiger partial charge in [-0.3, -0.25) is 0 Å². The van der Waals surface area contributed by atoms with Crippen LogP contribution in [0.4, 0.5) is 17.1 Å². The molecular weight excluding hydrogens is 661 g/mol. The summed E-state index contributed by atoms with van der Waals surface area (Å²) in [5.74, 6) is 0.124. The maximum Gasteiger partial charge on any atom is 0.164 e. The van der Waals surface area contributed by atoms with Crippen LogP contribution in [0.2, 0.25) is 0 Å². The molecule has 5 heteroatoms. The summed E-state index contributed by atoms with van der Waals surface area (Å²) >= 11 is 0. The van der Waals surface area contributed by atoms with E-state index in [1.807, 2.05) is 36.4 Å². The minimum Gasteiger partial charge on any atom is -0.456 e. The van der Waals surface area contributed by atoms with E-state index in [0.29, 0.717) is 16.0 Å². The van der Waals surface area contributed by atoms with E-state index in [4.69, 9.17) is 35.8 Å². The maximum atomic E-state index is 9.55. The summed E-state index contributed by atoms with van der Waals surface area (Å²) in [4.78, 5) is 14.9. The first kappa shape index (κ1) is 17.0. The third-order valence-corrected chi connectivity index (χ3v) is 8.50. The van der Waals surface area contributed by atoms with Gasteiger partial charge in [-0.05, 0) is 76.3 Å². The number of aromatic nitrogens is 3. The molecule has 0 aliphatic heterocycles. The monoisotopic (exact) mass is 712 g/mol. The number of hydrogen-bond acceptors (Lipinski definition) is 5. The van der Waals surface area contributed by atoms with Crippen molar-refractivity contribution in [3.05, 3.63) is 194 Å². The van der Waals surface area contributed by atoms with Crippen LogP contribution < -0.4 is 4.90 Å². The van der Waals surface area contributed by atoms with E-state index in [0.717, 1.165) is 10.8 Å². The smallest absolute Gasteiger partial charge is 0.164 e. The molecule has 10 aromatic rings. The topological polar surface area (TPSA) is 55.1 Å². The van der Waals surface area contributed by atoms with E-state index >= 15 is 0 Å². The summed E-state index contributed by atoms with van der Waals surface area (Å²) in [6.07, 6.45) is 0. The average Bonchev–Trinajstić information content (AvgIpc) is 3.80. The van der Waals surface area contributed by atoms with Crippen molar-refractivity contribution in [2.45, 2.75) is 0 Å². The van der Waals surface area contributed by atoms with Crippen LogP contribution in [-0.4, -0.2) is 15.0 Å². The third kappa shape index (κ3) is 5.65. The molecule has 0 aliphatic carbocycles. The zero-order valence-corrected chi connectivity index (χ0v) is 27.6. The SMILES string of the molecule is [2H]c1c([2H])c([2H])c(N(c2c([2H])c([2H])c([2H])c([2H])c2[2H])c2c([2H])c([2H])c(-c3c([2H])c([2H])c4c(oc5c([2H])c([2H])c([2H])c(-c6nc(-c7ccccc7)nc(-c7cccc8ccccc78)n6)c54)c3[2H])c([2H])c2[2H])c([2H])c1[2H]. The highest BCUT2D eigenvalue weighted by molar-refractivity contribution is 6.12. The number of para-hydroxylation sites is 2. The van der Waals surface area contributed by atoms with Crippen molar-refractivity contribution in [2.75, 3.05) is 4.90 Å². The molecule has 0 spiro atoms. The van der Waals surface area contributed by atoms with Crippen molar-refractivity contribution in [3.63, 3.8) is 0 Å². The molecular formula is C49H32N4O. The van der Waals surface area contributed by atoms with Crippen LogP contribution in [0.3, 0.4) is 0 Å². The van der Waals surface area contributed by atoms with Crippen molar-refractivity contribution in [1.82, 2.24) is 15.0 Å². The molecule has 8 aromatic carbocycles. The number of fused-ring (bicyclic) bond motifs is 4. The Bertz CT molecular complexity index is 3950. The lowest BCUT2D eigenvalue weighted by atomic mass is 10.0. The van der Waals surface area contributed by atoms with Gasteiger partial charge in [-0.15, -0.1) is 0 Å². The Morgan fingerprint density at radius 3 is 1.81 bits per heavy atom. The Morgan fingerprint density at radius 2 is 1.06 bits per heavy atom. The van der Waals surface area contributed by atoms with Gasteiger partial charge in [0.25, 0.3) is 0 Å². The van der Waals surface area contributed by atoms with E-state index in [9.17, 15) is 11.0 Å². The van der Waals surface area contributed by atoms with Gasteiger partial charge in [-0.2, -0.15) is 0 Å². The third-order valence-electron chi connectivity index (χ3n) is 8.50. The number of furan rings is 1. The van der Waals surface area contributed by atoms with Gasteiger partial charge in [-0.1, -0.05) is 139 Å². The van der Waals surface area contributed by atoms with Crippen molar-refractivity contribution in [3.8, 4) is 45.3 Å². The fourth-order valence-electron chi connectivity index (χ4n) is 6.07. The van der Waals surface area contributed by atoms with Gasteiger partial charge in [0.2, 0.25) is 0 Å². The first-order chi connectivity index (χ1) is 35.1. The normalized spacial score (nSPS) is 16.5. The molecule has 10 rings (SSSR count). The molecule has 2 heterocycles. The first-order valence-electron chi connectivity index (χ1n) is 26.4. The Kier molecular flexibility index (Phi) is 4.18. The van der Waals surface area contributed by atoms with Crippen LogP contribution in [0.15, 0.2) is 198 Å². The number of benzene rings is 8. The Labute approximate surface area is 340 Å². The van der Waals surface area contributed by atoms with Gasteiger partial charge in [0.15, 0.2) is 17.5 Å². The highest BCUT2D eigenvalue weighted by Crippen LogP contribution is 2.40. The van der Waals surface area contributed by atoms with Crippen LogP contribution in [0.1, 0.15) is 27.4 Å². The predicted octanol–water partition coefficient (Wildman–Crippen LogP) is 13.1. The van der Waals surface area contributed by atoms with Crippen molar-refractivity contribution < 1.29 is 31.8 Å². The molecule has 0 atom stereocenters. The standard InChI is InChI=1S/C49H32N4O/c1-4-15-35(16-5-1)47-50-48(41-23-12-17-34-14-10-11-22-40(34)41)52-49(51-47)43-24-13-25-44-46(43)42-31-28-36(32-45(42)54-44)33-26-29-39(30-27-33)53(37-18-6-2-7-19-37)38-20-8-3-9-21-38/h1-32H/i2D,3D,6D,7D,8D,9D,13D,18D,19D,20D,21D,24D,25D,26D,27D,28D,29D,30D,31D,32D. The van der Waals surface area contributed by atoms with E-state index < -0.39 is 160 Å². The summed E-state index contributed by atoms with van der Waals surface area (Å²) in [5, 5.41) is 1.13. The number of hydrogen-bond donors (Lipinski definition) is 0. The minimum absolute atomic E-state index is 0.152. The lowest BCUT2D eigenvalue weighted by Crippen LogP contribution is -2.09. The highest BCUT2D eigenvalue weighted by atomic mass is 16.3. The maximum absolute atomic E-state index is 9.55. The van der Waals surface area contributed by atoms with Crippen LogP contribution in [-0.2, 0) is 0 Å².